The van der Waals surface area contributed by atoms with Crippen molar-refractivity contribution in [3.8, 4) is 0 Å². The van der Waals surface area contributed by atoms with Crippen molar-refractivity contribution in [3.05, 3.63) is 46.3 Å². The molecular weight excluding hydrogens is 264 g/mol. The number of para-hydroxylation sites is 1. The lowest BCUT2D eigenvalue weighted by molar-refractivity contribution is -0.387. The van der Waals surface area contributed by atoms with Gasteiger partial charge in [0.05, 0.1) is 9.82 Å². The van der Waals surface area contributed by atoms with Gasteiger partial charge in [0.1, 0.15) is 16.7 Å². The molecule has 2 aromatic rings. The molecule has 0 aliphatic carbocycles. The first kappa shape index (κ1) is 13.3. The second-order valence-electron chi connectivity index (χ2n) is 3.72. The van der Waals surface area contributed by atoms with Gasteiger partial charge < -0.3 is 5.32 Å². The third-order valence-electron chi connectivity index (χ3n) is 2.35. The number of hydrogen-bond acceptors (Lipinski definition) is 6. The van der Waals surface area contributed by atoms with Crippen LogP contribution in [-0.2, 0) is 0 Å². The minimum absolute atomic E-state index is 0.0785. The molecule has 0 fully saturated rings. The van der Waals surface area contributed by atoms with Crippen LogP contribution in [0, 0.1) is 17.0 Å². The van der Waals surface area contributed by atoms with Crippen LogP contribution in [0.3, 0.4) is 0 Å². The van der Waals surface area contributed by atoms with Gasteiger partial charge in [-0.05, 0) is 13.0 Å². The summed E-state index contributed by atoms with van der Waals surface area (Å²) in [5.41, 5.74) is 0.0785. The standard InChI is InChI=1S/C12H12N4O2S/c1-8-14-11(13-2)7-12(15-8)19-10-6-4-3-5-9(10)16(17)18/h3-7H,1-2H3,(H,13,14,15). The molecule has 1 N–H and O–H groups in total. The van der Waals surface area contributed by atoms with Crippen LogP contribution in [0.1, 0.15) is 5.82 Å². The minimum atomic E-state index is -0.393. The molecule has 7 heteroatoms. The van der Waals surface area contributed by atoms with E-state index in [9.17, 15) is 10.1 Å². The average Bonchev–Trinajstić information content (AvgIpc) is 2.38. The highest BCUT2D eigenvalue weighted by atomic mass is 32.2. The molecule has 0 radical (unpaired) electrons. The summed E-state index contributed by atoms with van der Waals surface area (Å²) in [7, 11) is 1.77. The molecule has 0 amide bonds. The van der Waals surface area contributed by atoms with Crippen LogP contribution < -0.4 is 5.32 Å². The fourth-order valence-corrected chi connectivity index (χ4v) is 2.49. The highest BCUT2D eigenvalue weighted by Crippen LogP contribution is 2.34. The summed E-state index contributed by atoms with van der Waals surface area (Å²) in [6.45, 7) is 1.78. The molecule has 1 aromatic carbocycles. The zero-order valence-corrected chi connectivity index (χ0v) is 11.3. The van der Waals surface area contributed by atoms with Crippen molar-refractivity contribution in [1.29, 1.82) is 0 Å². The van der Waals surface area contributed by atoms with E-state index in [-0.39, 0.29) is 5.69 Å². The van der Waals surface area contributed by atoms with Crippen LogP contribution in [0.4, 0.5) is 11.5 Å². The van der Waals surface area contributed by atoms with Crippen LogP contribution in [0.5, 0.6) is 0 Å². The number of nitrogens with zero attached hydrogens (tertiary/aromatic N) is 3. The quantitative estimate of drug-likeness (QED) is 0.525. The lowest BCUT2D eigenvalue weighted by atomic mass is 10.3. The van der Waals surface area contributed by atoms with E-state index in [1.165, 1.54) is 17.8 Å². The van der Waals surface area contributed by atoms with Crippen molar-refractivity contribution in [2.45, 2.75) is 16.8 Å². The molecule has 0 bridgehead atoms. The van der Waals surface area contributed by atoms with E-state index in [1.54, 1.807) is 38.2 Å². The predicted octanol–water partition coefficient (Wildman–Crippen LogP) is 2.89. The Morgan fingerprint density at radius 1 is 1.32 bits per heavy atom. The molecule has 2 rings (SSSR count). The Bertz CT molecular complexity index is 618. The summed E-state index contributed by atoms with van der Waals surface area (Å²) >= 11 is 1.25. The van der Waals surface area contributed by atoms with Crippen LogP contribution in [0.15, 0.2) is 40.3 Å². The summed E-state index contributed by atoms with van der Waals surface area (Å²) in [4.78, 5) is 19.6. The summed E-state index contributed by atoms with van der Waals surface area (Å²) in [6.07, 6.45) is 0. The number of nitrogens with one attached hydrogen (secondary N) is 1. The molecule has 1 heterocycles. The highest BCUT2D eigenvalue weighted by molar-refractivity contribution is 7.99. The number of aryl methyl sites for hydroxylation is 1. The molecule has 0 atom stereocenters. The number of rotatable bonds is 4. The zero-order chi connectivity index (χ0) is 13.8. The number of hydrogen-bond donors (Lipinski definition) is 1. The Balaban J connectivity index is 2.36. The Labute approximate surface area is 114 Å². The molecule has 0 spiro atoms. The van der Waals surface area contributed by atoms with Gasteiger partial charge in [-0.2, -0.15) is 0 Å². The third kappa shape index (κ3) is 3.19. The summed E-state index contributed by atoms with van der Waals surface area (Å²) in [5.74, 6) is 1.31. The van der Waals surface area contributed by atoms with Gasteiger partial charge in [0, 0.05) is 19.2 Å². The average molecular weight is 276 g/mol. The van der Waals surface area contributed by atoms with Crippen LogP contribution in [-0.4, -0.2) is 21.9 Å². The van der Waals surface area contributed by atoms with E-state index in [0.29, 0.717) is 21.6 Å². The SMILES string of the molecule is CNc1cc(Sc2ccccc2[N+](=O)[O-])nc(C)n1. The lowest BCUT2D eigenvalue weighted by Gasteiger charge is -2.05. The van der Waals surface area contributed by atoms with E-state index >= 15 is 0 Å². The highest BCUT2D eigenvalue weighted by Gasteiger charge is 2.14. The fourth-order valence-electron chi connectivity index (χ4n) is 1.53. The topological polar surface area (TPSA) is 81.0 Å². The van der Waals surface area contributed by atoms with Crippen molar-refractivity contribution in [3.63, 3.8) is 0 Å². The monoisotopic (exact) mass is 276 g/mol. The smallest absolute Gasteiger partial charge is 0.283 e. The number of nitro benzene ring substituents is 1. The Kier molecular flexibility index (Phi) is 3.96. The van der Waals surface area contributed by atoms with Gasteiger partial charge in [-0.1, -0.05) is 23.9 Å². The maximum Gasteiger partial charge on any atom is 0.283 e. The van der Waals surface area contributed by atoms with Crippen molar-refractivity contribution in [2.75, 3.05) is 12.4 Å². The largest absolute Gasteiger partial charge is 0.373 e. The number of nitro groups is 1. The second kappa shape index (κ2) is 5.66. The molecule has 98 valence electrons. The van der Waals surface area contributed by atoms with E-state index in [2.05, 4.69) is 15.3 Å². The molecule has 1 aromatic heterocycles. The van der Waals surface area contributed by atoms with Crippen LogP contribution in [0.25, 0.3) is 0 Å². The van der Waals surface area contributed by atoms with Crippen molar-refractivity contribution >= 4 is 23.3 Å². The lowest BCUT2D eigenvalue weighted by Crippen LogP contribution is -1.98. The molecule has 19 heavy (non-hydrogen) atoms. The van der Waals surface area contributed by atoms with E-state index in [1.807, 2.05) is 0 Å². The van der Waals surface area contributed by atoms with Gasteiger partial charge >= 0.3 is 0 Å². The number of benzene rings is 1. The van der Waals surface area contributed by atoms with E-state index in [4.69, 9.17) is 0 Å². The first-order chi connectivity index (χ1) is 9.10. The summed E-state index contributed by atoms with van der Waals surface area (Å²) < 4.78 is 0. The van der Waals surface area contributed by atoms with Gasteiger partial charge in [-0.3, -0.25) is 10.1 Å². The van der Waals surface area contributed by atoms with Crippen molar-refractivity contribution in [2.24, 2.45) is 0 Å². The molecular formula is C12H12N4O2S. The summed E-state index contributed by atoms with van der Waals surface area (Å²) in [5, 5.41) is 14.6. The predicted molar refractivity (Wildman–Crippen MR) is 73.5 cm³/mol. The normalized spacial score (nSPS) is 10.2. The van der Waals surface area contributed by atoms with Gasteiger partial charge in [0.2, 0.25) is 0 Å². The maximum absolute atomic E-state index is 10.9. The first-order valence-electron chi connectivity index (χ1n) is 5.55. The fraction of sp³-hybridized carbons (Fsp3) is 0.167. The van der Waals surface area contributed by atoms with Crippen LogP contribution in [0.2, 0.25) is 0 Å². The van der Waals surface area contributed by atoms with Gasteiger partial charge in [-0.15, -0.1) is 0 Å². The molecule has 6 nitrogen and oxygen atoms in total. The van der Waals surface area contributed by atoms with Gasteiger partial charge in [-0.25, -0.2) is 9.97 Å². The number of aromatic nitrogens is 2. The van der Waals surface area contributed by atoms with Gasteiger partial charge in [0.25, 0.3) is 5.69 Å². The Hall–Kier alpha value is -2.15. The minimum Gasteiger partial charge on any atom is -0.373 e. The van der Waals surface area contributed by atoms with E-state index < -0.39 is 4.92 Å². The van der Waals surface area contributed by atoms with Crippen molar-refractivity contribution in [1.82, 2.24) is 9.97 Å². The molecule has 0 aliphatic rings. The zero-order valence-electron chi connectivity index (χ0n) is 10.5. The Morgan fingerprint density at radius 2 is 2.05 bits per heavy atom. The van der Waals surface area contributed by atoms with Gasteiger partial charge in [0.15, 0.2) is 0 Å². The Morgan fingerprint density at radius 3 is 2.74 bits per heavy atom. The summed E-state index contributed by atoms with van der Waals surface area (Å²) in [6, 6.07) is 8.36. The van der Waals surface area contributed by atoms with Crippen LogP contribution >= 0.6 is 11.8 Å². The molecule has 0 aliphatic heterocycles. The first-order valence-corrected chi connectivity index (χ1v) is 6.36. The second-order valence-corrected chi connectivity index (χ2v) is 4.78. The number of anilines is 1. The van der Waals surface area contributed by atoms with E-state index in [0.717, 1.165) is 0 Å². The van der Waals surface area contributed by atoms with Crippen molar-refractivity contribution < 1.29 is 4.92 Å². The third-order valence-corrected chi connectivity index (χ3v) is 3.33. The molecule has 0 saturated heterocycles. The molecule has 0 saturated carbocycles. The maximum atomic E-state index is 10.9. The molecule has 0 unspecified atom stereocenters.